The molecule has 1 aliphatic heterocycles. The molecule has 80 valence electrons. The fourth-order valence-electron chi connectivity index (χ4n) is 1.50. The van der Waals surface area contributed by atoms with E-state index >= 15 is 0 Å². The van der Waals surface area contributed by atoms with Crippen molar-refractivity contribution in [2.24, 2.45) is 0 Å². The highest BCUT2D eigenvalue weighted by Crippen LogP contribution is 2.26. The summed E-state index contributed by atoms with van der Waals surface area (Å²) in [6, 6.07) is 0. The van der Waals surface area contributed by atoms with Crippen molar-refractivity contribution in [2.45, 2.75) is 12.8 Å². The van der Waals surface area contributed by atoms with Crippen molar-refractivity contribution in [1.82, 2.24) is 0 Å². The number of hydrogen-bond acceptors (Lipinski definition) is 2. The Morgan fingerprint density at radius 3 is 2.87 bits per heavy atom. The van der Waals surface area contributed by atoms with Crippen molar-refractivity contribution < 1.29 is 4.21 Å². The van der Waals surface area contributed by atoms with Gasteiger partial charge in [-0.3, -0.25) is 4.21 Å². The van der Waals surface area contributed by atoms with Gasteiger partial charge in [0.1, 0.15) is 0 Å². The van der Waals surface area contributed by atoms with Crippen LogP contribution in [-0.4, -0.2) is 15.7 Å². The van der Waals surface area contributed by atoms with Gasteiger partial charge in [-0.25, -0.2) is 0 Å². The first kappa shape index (κ1) is 11.0. The summed E-state index contributed by atoms with van der Waals surface area (Å²) < 4.78 is 12.6. The Kier molecular flexibility index (Phi) is 4.03. The third kappa shape index (κ3) is 3.21. The lowest BCUT2D eigenvalue weighted by molar-refractivity contribution is 0.689. The molecular weight excluding hydrogens is 224 g/mol. The summed E-state index contributed by atoms with van der Waals surface area (Å²) in [4.78, 5) is 0. The van der Waals surface area contributed by atoms with E-state index in [0.29, 0.717) is 5.75 Å². The maximum Gasteiger partial charge on any atom is 0.0722 e. The zero-order valence-electron chi connectivity index (χ0n) is 8.52. The molecular formula is C12H14OS2. The van der Waals surface area contributed by atoms with Crippen LogP contribution in [0.2, 0.25) is 0 Å². The highest BCUT2D eigenvalue weighted by Gasteiger charge is 2.10. The molecule has 0 spiro atoms. The molecule has 3 heteroatoms. The predicted molar refractivity (Wildman–Crippen MR) is 69.1 cm³/mol. The van der Waals surface area contributed by atoms with E-state index in [1.165, 1.54) is 5.57 Å². The zero-order valence-corrected chi connectivity index (χ0v) is 10.2. The molecule has 0 amide bonds. The number of thioether (sulfide) groups is 1. The van der Waals surface area contributed by atoms with Crippen molar-refractivity contribution in [3.05, 3.63) is 46.3 Å². The second-order valence-corrected chi connectivity index (χ2v) is 6.25. The molecule has 0 fully saturated rings. The van der Waals surface area contributed by atoms with Gasteiger partial charge >= 0.3 is 0 Å². The van der Waals surface area contributed by atoms with Gasteiger partial charge in [0.2, 0.25) is 0 Å². The SMILES string of the molecule is O=S1CC=CC=C1SCC1=CC=CCC1. The topological polar surface area (TPSA) is 17.1 Å². The molecule has 0 aromatic rings. The highest BCUT2D eigenvalue weighted by atomic mass is 32.2. The van der Waals surface area contributed by atoms with Crippen molar-refractivity contribution in [3.63, 3.8) is 0 Å². The molecule has 1 atom stereocenters. The average Bonchev–Trinajstić information content (AvgIpc) is 2.29. The van der Waals surface area contributed by atoms with Crippen molar-refractivity contribution in [3.8, 4) is 0 Å². The summed E-state index contributed by atoms with van der Waals surface area (Å²) in [5, 5.41) is 0. The Bertz CT molecular complexity index is 375. The Balaban J connectivity index is 1.90. The van der Waals surface area contributed by atoms with Crippen LogP contribution in [0.25, 0.3) is 0 Å². The summed E-state index contributed by atoms with van der Waals surface area (Å²) in [5.74, 6) is 1.66. The Labute approximate surface area is 97.5 Å². The third-order valence-electron chi connectivity index (χ3n) is 2.34. The van der Waals surface area contributed by atoms with E-state index in [-0.39, 0.29) is 0 Å². The van der Waals surface area contributed by atoms with Crippen LogP contribution in [0, 0.1) is 0 Å². The standard InChI is InChI=1S/C12H14OS2/c13-15-9-5-4-8-12(15)14-10-11-6-2-1-3-7-11/h1-2,4-6,8H,3,7,9-10H2. The summed E-state index contributed by atoms with van der Waals surface area (Å²) in [5.41, 5.74) is 1.45. The fraction of sp³-hybridized carbons (Fsp3) is 0.333. The molecule has 0 saturated heterocycles. The van der Waals surface area contributed by atoms with Gasteiger partial charge < -0.3 is 0 Å². The summed E-state index contributed by atoms with van der Waals surface area (Å²) >= 11 is 1.72. The molecule has 2 aliphatic rings. The van der Waals surface area contributed by atoms with Gasteiger partial charge in [-0.05, 0) is 18.9 Å². The molecule has 1 heterocycles. The molecule has 1 nitrogen and oxygen atoms in total. The van der Waals surface area contributed by atoms with Gasteiger partial charge in [0, 0.05) is 11.5 Å². The van der Waals surface area contributed by atoms with Crippen LogP contribution in [0.1, 0.15) is 12.8 Å². The van der Waals surface area contributed by atoms with Gasteiger partial charge in [0.25, 0.3) is 0 Å². The molecule has 0 saturated carbocycles. The van der Waals surface area contributed by atoms with Crippen LogP contribution >= 0.6 is 11.8 Å². The minimum Gasteiger partial charge on any atom is -0.253 e. The zero-order chi connectivity index (χ0) is 10.5. The molecule has 2 rings (SSSR count). The van der Waals surface area contributed by atoms with E-state index in [1.807, 2.05) is 18.2 Å². The van der Waals surface area contributed by atoms with Crippen LogP contribution in [0.5, 0.6) is 0 Å². The number of hydrogen-bond donors (Lipinski definition) is 0. The maximum absolute atomic E-state index is 11.6. The second kappa shape index (κ2) is 5.52. The molecule has 0 radical (unpaired) electrons. The number of allylic oxidation sites excluding steroid dienone is 5. The lowest BCUT2D eigenvalue weighted by atomic mass is 10.1. The van der Waals surface area contributed by atoms with Gasteiger partial charge in [0.15, 0.2) is 0 Å². The third-order valence-corrected chi connectivity index (χ3v) is 5.27. The van der Waals surface area contributed by atoms with Crippen LogP contribution in [0.4, 0.5) is 0 Å². The predicted octanol–water partition coefficient (Wildman–Crippen LogP) is 3.16. The Morgan fingerprint density at radius 2 is 2.13 bits per heavy atom. The van der Waals surface area contributed by atoms with E-state index in [9.17, 15) is 4.21 Å². The monoisotopic (exact) mass is 238 g/mol. The second-order valence-electron chi connectivity index (χ2n) is 3.51. The first-order valence-electron chi connectivity index (χ1n) is 5.09. The van der Waals surface area contributed by atoms with Gasteiger partial charge in [-0.2, -0.15) is 0 Å². The molecule has 0 bridgehead atoms. The quantitative estimate of drug-likeness (QED) is 0.751. The minimum atomic E-state index is -0.790. The Hall–Kier alpha value is -0.540. The fourth-order valence-corrected chi connectivity index (χ4v) is 3.83. The molecule has 0 N–H and O–H groups in total. The van der Waals surface area contributed by atoms with E-state index in [0.717, 1.165) is 22.8 Å². The lowest BCUT2D eigenvalue weighted by Gasteiger charge is -2.11. The maximum atomic E-state index is 11.6. The molecule has 15 heavy (non-hydrogen) atoms. The highest BCUT2D eigenvalue weighted by molar-refractivity contribution is 8.16. The largest absolute Gasteiger partial charge is 0.253 e. The molecule has 0 aromatic heterocycles. The normalized spacial score (nSPS) is 24.9. The van der Waals surface area contributed by atoms with Crippen molar-refractivity contribution in [1.29, 1.82) is 0 Å². The van der Waals surface area contributed by atoms with Crippen LogP contribution in [0.3, 0.4) is 0 Å². The molecule has 0 aromatic carbocycles. The summed E-state index contributed by atoms with van der Waals surface area (Å²) in [7, 11) is -0.790. The van der Waals surface area contributed by atoms with Gasteiger partial charge in [-0.1, -0.05) is 36.0 Å². The van der Waals surface area contributed by atoms with E-state index in [4.69, 9.17) is 0 Å². The van der Waals surface area contributed by atoms with E-state index < -0.39 is 10.8 Å². The molecule has 1 aliphatic carbocycles. The Morgan fingerprint density at radius 1 is 1.27 bits per heavy atom. The van der Waals surface area contributed by atoms with Crippen molar-refractivity contribution >= 4 is 22.6 Å². The van der Waals surface area contributed by atoms with Crippen LogP contribution in [-0.2, 0) is 10.8 Å². The molecule has 1 unspecified atom stereocenters. The number of rotatable bonds is 3. The first-order valence-corrected chi connectivity index (χ1v) is 7.39. The van der Waals surface area contributed by atoms with E-state index in [1.54, 1.807) is 11.8 Å². The minimum absolute atomic E-state index is 0.678. The van der Waals surface area contributed by atoms with Gasteiger partial charge in [0.05, 0.1) is 15.0 Å². The van der Waals surface area contributed by atoms with Crippen LogP contribution < -0.4 is 0 Å². The smallest absolute Gasteiger partial charge is 0.0722 e. The summed E-state index contributed by atoms with van der Waals surface area (Å²) in [6.07, 6.45) is 14.7. The first-order chi connectivity index (χ1) is 7.36. The average molecular weight is 238 g/mol. The lowest BCUT2D eigenvalue weighted by Crippen LogP contribution is -2.01. The van der Waals surface area contributed by atoms with Crippen LogP contribution in [0.15, 0.2) is 46.3 Å². The van der Waals surface area contributed by atoms with Crippen molar-refractivity contribution in [2.75, 3.05) is 11.5 Å². The van der Waals surface area contributed by atoms with E-state index in [2.05, 4.69) is 18.2 Å². The summed E-state index contributed by atoms with van der Waals surface area (Å²) in [6.45, 7) is 0. The van der Waals surface area contributed by atoms with Gasteiger partial charge in [-0.15, -0.1) is 11.8 Å².